The number of rotatable bonds is 4. The lowest BCUT2D eigenvalue weighted by molar-refractivity contribution is 0.0966. The van der Waals surface area contributed by atoms with E-state index in [1.54, 1.807) is 43.4 Å². The molecule has 0 saturated heterocycles. The van der Waals surface area contributed by atoms with Crippen molar-refractivity contribution in [3.05, 3.63) is 59.5 Å². The molecule has 0 spiro atoms. The lowest BCUT2D eigenvalue weighted by Gasteiger charge is -2.19. The SMILES string of the molecule is CN(C(=O)c1ccco1)c1ccccc1C(=O)Nc1nncs1. The first-order chi connectivity index (χ1) is 11.2. The van der Waals surface area contributed by atoms with Crippen LogP contribution >= 0.6 is 11.3 Å². The summed E-state index contributed by atoms with van der Waals surface area (Å²) >= 11 is 1.21. The molecule has 0 bridgehead atoms. The average Bonchev–Trinajstić information content (AvgIpc) is 3.27. The summed E-state index contributed by atoms with van der Waals surface area (Å²) in [7, 11) is 1.59. The first-order valence-corrected chi connectivity index (χ1v) is 7.53. The third-order valence-corrected chi connectivity index (χ3v) is 3.73. The predicted molar refractivity (Wildman–Crippen MR) is 85.7 cm³/mol. The molecule has 0 aliphatic heterocycles. The van der Waals surface area contributed by atoms with E-state index in [1.807, 2.05) is 0 Å². The van der Waals surface area contributed by atoms with Crippen molar-refractivity contribution in [1.82, 2.24) is 10.2 Å². The number of aromatic nitrogens is 2. The number of nitrogens with zero attached hydrogens (tertiary/aromatic N) is 3. The number of para-hydroxylation sites is 1. The van der Waals surface area contributed by atoms with Gasteiger partial charge in [0.25, 0.3) is 11.8 Å². The Balaban J connectivity index is 1.88. The summed E-state index contributed by atoms with van der Waals surface area (Å²) in [6, 6.07) is 10.0. The summed E-state index contributed by atoms with van der Waals surface area (Å²) in [5.74, 6) is -0.505. The third kappa shape index (κ3) is 3.11. The Morgan fingerprint density at radius 2 is 2.04 bits per heavy atom. The Labute approximate surface area is 135 Å². The minimum Gasteiger partial charge on any atom is -0.459 e. The Bertz CT molecular complexity index is 815. The highest BCUT2D eigenvalue weighted by atomic mass is 32.1. The van der Waals surface area contributed by atoms with Gasteiger partial charge < -0.3 is 9.32 Å². The van der Waals surface area contributed by atoms with Crippen LogP contribution < -0.4 is 10.2 Å². The molecule has 2 aromatic heterocycles. The zero-order valence-corrected chi connectivity index (χ0v) is 12.9. The van der Waals surface area contributed by atoms with Crippen molar-refractivity contribution in [3.63, 3.8) is 0 Å². The molecule has 0 fully saturated rings. The highest BCUT2D eigenvalue weighted by Crippen LogP contribution is 2.22. The Morgan fingerprint density at radius 1 is 1.22 bits per heavy atom. The van der Waals surface area contributed by atoms with Gasteiger partial charge in [0.15, 0.2) is 5.76 Å². The zero-order valence-electron chi connectivity index (χ0n) is 12.1. The minimum atomic E-state index is -0.364. The number of carbonyl (C=O) groups excluding carboxylic acids is 2. The normalized spacial score (nSPS) is 10.3. The maximum absolute atomic E-state index is 12.4. The molecule has 8 heteroatoms. The molecule has 0 saturated carbocycles. The van der Waals surface area contributed by atoms with Crippen LogP contribution in [0.5, 0.6) is 0 Å². The molecule has 3 rings (SSSR count). The molecule has 2 heterocycles. The molecular formula is C15H12N4O3S. The van der Waals surface area contributed by atoms with Crippen LogP contribution in [0, 0.1) is 0 Å². The van der Waals surface area contributed by atoms with Crippen LogP contribution in [0.2, 0.25) is 0 Å². The van der Waals surface area contributed by atoms with Gasteiger partial charge in [-0.25, -0.2) is 0 Å². The van der Waals surface area contributed by atoms with E-state index in [2.05, 4.69) is 15.5 Å². The van der Waals surface area contributed by atoms with Crippen molar-refractivity contribution in [3.8, 4) is 0 Å². The van der Waals surface area contributed by atoms with Gasteiger partial charge in [-0.1, -0.05) is 23.5 Å². The van der Waals surface area contributed by atoms with Crippen LogP contribution in [0.4, 0.5) is 10.8 Å². The molecule has 3 aromatic rings. The standard InChI is InChI=1S/C15H12N4O3S/c1-19(14(21)12-7-4-8-22-12)11-6-3-2-5-10(11)13(20)17-15-18-16-9-23-15/h2-9H,1H3,(H,17,18,20). The monoisotopic (exact) mass is 328 g/mol. The van der Waals surface area contributed by atoms with Crippen molar-refractivity contribution >= 4 is 34.0 Å². The van der Waals surface area contributed by atoms with Crippen LogP contribution in [0.3, 0.4) is 0 Å². The molecule has 1 N–H and O–H groups in total. The second-order valence-corrected chi connectivity index (χ2v) is 5.39. The van der Waals surface area contributed by atoms with Crippen LogP contribution in [-0.4, -0.2) is 29.1 Å². The predicted octanol–water partition coefficient (Wildman–Crippen LogP) is 2.66. The number of anilines is 2. The number of hydrogen-bond donors (Lipinski definition) is 1. The quantitative estimate of drug-likeness (QED) is 0.795. The van der Waals surface area contributed by atoms with E-state index in [-0.39, 0.29) is 17.6 Å². The van der Waals surface area contributed by atoms with Crippen LogP contribution in [0.25, 0.3) is 0 Å². The first kappa shape index (κ1) is 14.9. The first-order valence-electron chi connectivity index (χ1n) is 6.65. The molecule has 0 unspecified atom stereocenters. The van der Waals surface area contributed by atoms with Crippen LogP contribution in [0.1, 0.15) is 20.9 Å². The van der Waals surface area contributed by atoms with Gasteiger partial charge in [-0.15, -0.1) is 10.2 Å². The molecule has 23 heavy (non-hydrogen) atoms. The van der Waals surface area contributed by atoms with Gasteiger partial charge in [0.1, 0.15) is 5.51 Å². The van der Waals surface area contributed by atoms with E-state index >= 15 is 0 Å². The molecule has 0 atom stereocenters. The number of carbonyl (C=O) groups is 2. The van der Waals surface area contributed by atoms with Crippen molar-refractivity contribution < 1.29 is 14.0 Å². The second-order valence-electron chi connectivity index (χ2n) is 4.56. The number of nitrogens with one attached hydrogen (secondary N) is 1. The van der Waals surface area contributed by atoms with E-state index in [0.29, 0.717) is 16.4 Å². The van der Waals surface area contributed by atoms with Crippen molar-refractivity contribution in [1.29, 1.82) is 0 Å². The van der Waals surface area contributed by atoms with Crippen molar-refractivity contribution in [2.24, 2.45) is 0 Å². The molecule has 1 aromatic carbocycles. The van der Waals surface area contributed by atoms with E-state index in [1.165, 1.54) is 28.0 Å². The van der Waals surface area contributed by atoms with E-state index in [4.69, 9.17) is 4.42 Å². The van der Waals surface area contributed by atoms with E-state index in [0.717, 1.165) is 0 Å². The summed E-state index contributed by atoms with van der Waals surface area (Å²) in [4.78, 5) is 26.2. The van der Waals surface area contributed by atoms with Crippen LogP contribution in [0.15, 0.2) is 52.6 Å². The Kier molecular flexibility index (Phi) is 4.15. The summed E-state index contributed by atoms with van der Waals surface area (Å²) < 4.78 is 5.12. The Morgan fingerprint density at radius 3 is 2.74 bits per heavy atom. The summed E-state index contributed by atoms with van der Waals surface area (Å²) in [5.41, 5.74) is 2.34. The fraction of sp³-hybridized carbons (Fsp3) is 0.0667. The largest absolute Gasteiger partial charge is 0.459 e. The number of hydrogen-bond acceptors (Lipinski definition) is 6. The van der Waals surface area contributed by atoms with Gasteiger partial charge in [0, 0.05) is 7.05 Å². The minimum absolute atomic E-state index is 0.201. The van der Waals surface area contributed by atoms with Crippen LogP contribution in [-0.2, 0) is 0 Å². The molecule has 116 valence electrons. The molecule has 0 aliphatic carbocycles. The second kappa shape index (κ2) is 6.41. The summed E-state index contributed by atoms with van der Waals surface area (Å²) in [5, 5.41) is 10.5. The van der Waals surface area contributed by atoms with E-state index < -0.39 is 0 Å². The van der Waals surface area contributed by atoms with Crippen molar-refractivity contribution in [2.75, 3.05) is 17.3 Å². The van der Waals surface area contributed by atoms with Gasteiger partial charge in [-0.05, 0) is 24.3 Å². The topological polar surface area (TPSA) is 88.3 Å². The molecule has 2 amide bonds. The lowest BCUT2D eigenvalue weighted by atomic mass is 10.1. The van der Waals surface area contributed by atoms with Crippen molar-refractivity contribution in [2.45, 2.75) is 0 Å². The fourth-order valence-electron chi connectivity index (χ4n) is 2.03. The highest BCUT2D eigenvalue weighted by molar-refractivity contribution is 7.13. The van der Waals surface area contributed by atoms with Gasteiger partial charge in [-0.3, -0.25) is 14.9 Å². The molecule has 0 aliphatic rings. The highest BCUT2D eigenvalue weighted by Gasteiger charge is 2.21. The molecule has 0 radical (unpaired) electrons. The smallest absolute Gasteiger partial charge is 0.293 e. The number of benzene rings is 1. The van der Waals surface area contributed by atoms with Gasteiger partial charge >= 0.3 is 0 Å². The maximum Gasteiger partial charge on any atom is 0.293 e. The van der Waals surface area contributed by atoms with Gasteiger partial charge in [0.05, 0.1) is 17.5 Å². The maximum atomic E-state index is 12.4. The molecular weight excluding hydrogens is 316 g/mol. The Hall–Kier alpha value is -3.00. The average molecular weight is 328 g/mol. The van der Waals surface area contributed by atoms with Gasteiger partial charge in [-0.2, -0.15) is 0 Å². The van der Waals surface area contributed by atoms with E-state index in [9.17, 15) is 9.59 Å². The zero-order chi connectivity index (χ0) is 16.2. The third-order valence-electron chi connectivity index (χ3n) is 3.13. The summed E-state index contributed by atoms with van der Waals surface area (Å²) in [6.45, 7) is 0. The lowest BCUT2D eigenvalue weighted by Crippen LogP contribution is -2.28. The number of amides is 2. The van der Waals surface area contributed by atoms with Gasteiger partial charge in [0.2, 0.25) is 5.13 Å². The fourth-order valence-corrected chi connectivity index (χ4v) is 2.47. The summed E-state index contributed by atoms with van der Waals surface area (Å²) in [6.07, 6.45) is 1.43. The molecule has 7 nitrogen and oxygen atoms in total. The number of furan rings is 1.